The summed E-state index contributed by atoms with van der Waals surface area (Å²) >= 11 is 18.0. The molecule has 5 rings (SSSR count). The molecule has 1 saturated heterocycles. The maximum Gasteiger partial charge on any atom is 0.286 e. The Morgan fingerprint density at radius 3 is 2.64 bits per heavy atom. The monoisotopic (exact) mass is 564 g/mol. The Balaban J connectivity index is 1.61. The number of hydrazine groups is 1. The van der Waals surface area contributed by atoms with Gasteiger partial charge in [-0.3, -0.25) is 10.2 Å². The minimum Gasteiger partial charge on any atom is -0.283 e. The average Bonchev–Trinajstić information content (AvgIpc) is 3.38. The molecule has 33 heavy (non-hydrogen) atoms. The summed E-state index contributed by atoms with van der Waals surface area (Å²) in [7, 11) is 0. The highest BCUT2D eigenvalue weighted by Crippen LogP contribution is 2.38. The van der Waals surface area contributed by atoms with Gasteiger partial charge in [0.1, 0.15) is 0 Å². The lowest BCUT2D eigenvalue weighted by atomic mass is 9.90. The van der Waals surface area contributed by atoms with Gasteiger partial charge in [0.15, 0.2) is 5.69 Å². The zero-order chi connectivity index (χ0) is 22.9. The molecule has 1 N–H and O–H groups in total. The zero-order valence-electron chi connectivity index (χ0n) is 17.9. The molecule has 2 aliphatic rings. The molecule has 5 nitrogen and oxygen atoms in total. The Bertz CT molecular complexity index is 1230. The molecule has 2 aromatic heterocycles. The van der Waals surface area contributed by atoms with Gasteiger partial charge in [0.05, 0.1) is 20.2 Å². The van der Waals surface area contributed by atoms with Crippen molar-refractivity contribution in [2.45, 2.75) is 38.5 Å². The second-order valence-corrected chi connectivity index (χ2v) is 11.7. The summed E-state index contributed by atoms with van der Waals surface area (Å²) in [4.78, 5) is 14.5. The maximum atomic E-state index is 13.3. The first kappa shape index (κ1) is 23.1. The third-order valence-electron chi connectivity index (χ3n) is 6.04. The van der Waals surface area contributed by atoms with E-state index < -0.39 is 0 Å². The Morgan fingerprint density at radius 2 is 1.91 bits per heavy atom. The average molecular weight is 566 g/mol. The molecule has 0 radical (unpaired) electrons. The molecule has 0 spiro atoms. The van der Waals surface area contributed by atoms with E-state index in [0.717, 1.165) is 76.4 Å². The third kappa shape index (κ3) is 4.93. The van der Waals surface area contributed by atoms with Crippen molar-refractivity contribution in [3.63, 3.8) is 0 Å². The van der Waals surface area contributed by atoms with E-state index in [0.29, 0.717) is 15.7 Å². The number of benzene rings is 1. The van der Waals surface area contributed by atoms with Crippen LogP contribution in [0.5, 0.6) is 0 Å². The van der Waals surface area contributed by atoms with E-state index in [9.17, 15) is 4.79 Å². The molecule has 3 aromatic rings. The van der Waals surface area contributed by atoms with Crippen LogP contribution in [0, 0.1) is 0 Å². The van der Waals surface area contributed by atoms with E-state index in [-0.39, 0.29) is 5.91 Å². The fourth-order valence-corrected chi connectivity index (χ4v) is 6.40. The highest BCUT2D eigenvalue weighted by Gasteiger charge is 2.30. The predicted octanol–water partition coefficient (Wildman–Crippen LogP) is 7.01. The molecule has 0 unspecified atom stereocenters. The van der Waals surface area contributed by atoms with E-state index in [2.05, 4.69) is 33.5 Å². The molecule has 0 atom stereocenters. The number of halogens is 3. The van der Waals surface area contributed by atoms with Gasteiger partial charge in [-0.05, 0) is 90.0 Å². The second kappa shape index (κ2) is 9.92. The van der Waals surface area contributed by atoms with E-state index in [1.54, 1.807) is 23.5 Å². The van der Waals surface area contributed by atoms with Gasteiger partial charge in [-0.2, -0.15) is 5.10 Å². The largest absolute Gasteiger partial charge is 0.286 e. The Kier molecular flexibility index (Phi) is 6.95. The van der Waals surface area contributed by atoms with Crippen LogP contribution in [0.15, 0.2) is 34.1 Å². The SMILES string of the molecule is O=C(NN1CCCCC1)c1nn(-c2ccc(Cl)cc2Cl)c2c1CCCC2=Cc1ccc(Br)s1. The van der Waals surface area contributed by atoms with Gasteiger partial charge in [-0.25, -0.2) is 9.69 Å². The lowest BCUT2D eigenvalue weighted by Crippen LogP contribution is -2.45. The number of hydrogen-bond acceptors (Lipinski definition) is 4. The number of aromatic nitrogens is 2. The van der Waals surface area contributed by atoms with Crippen molar-refractivity contribution in [3.05, 3.63) is 66.0 Å². The zero-order valence-corrected chi connectivity index (χ0v) is 21.8. The highest BCUT2D eigenvalue weighted by atomic mass is 79.9. The number of piperidine rings is 1. The van der Waals surface area contributed by atoms with Crippen molar-refractivity contribution in [2.24, 2.45) is 0 Å². The number of rotatable bonds is 4. The van der Waals surface area contributed by atoms with Gasteiger partial charge in [-0.15, -0.1) is 11.3 Å². The summed E-state index contributed by atoms with van der Waals surface area (Å²) in [6, 6.07) is 9.51. The van der Waals surface area contributed by atoms with Gasteiger partial charge in [-0.1, -0.05) is 29.6 Å². The van der Waals surface area contributed by atoms with Crippen LogP contribution >= 0.6 is 50.5 Å². The van der Waals surface area contributed by atoms with Crippen molar-refractivity contribution < 1.29 is 4.79 Å². The van der Waals surface area contributed by atoms with Crippen LogP contribution in [0.1, 0.15) is 58.7 Å². The lowest BCUT2D eigenvalue weighted by molar-refractivity contribution is 0.0743. The number of fused-ring (bicyclic) bond motifs is 1. The molecule has 172 valence electrons. The van der Waals surface area contributed by atoms with Gasteiger partial charge in [0.2, 0.25) is 0 Å². The van der Waals surface area contributed by atoms with E-state index >= 15 is 0 Å². The fourth-order valence-electron chi connectivity index (χ4n) is 4.52. The van der Waals surface area contributed by atoms with Crippen molar-refractivity contribution >= 4 is 68.0 Å². The smallest absolute Gasteiger partial charge is 0.283 e. The quantitative estimate of drug-likeness (QED) is 0.370. The molecule has 1 aliphatic carbocycles. The van der Waals surface area contributed by atoms with Crippen LogP contribution in [0.4, 0.5) is 0 Å². The van der Waals surface area contributed by atoms with Gasteiger partial charge < -0.3 is 0 Å². The van der Waals surface area contributed by atoms with Gasteiger partial charge in [0.25, 0.3) is 5.91 Å². The Hall–Kier alpha value is -1.64. The normalized spacial score (nSPS) is 17.8. The van der Waals surface area contributed by atoms with Crippen LogP contribution in [0.25, 0.3) is 17.3 Å². The minimum absolute atomic E-state index is 0.155. The van der Waals surface area contributed by atoms with Crippen molar-refractivity contribution in [1.29, 1.82) is 0 Å². The molecular weight excluding hydrogens is 543 g/mol. The molecule has 3 heterocycles. The molecule has 0 bridgehead atoms. The second-order valence-electron chi connectivity index (χ2n) is 8.34. The Morgan fingerprint density at radius 1 is 1.09 bits per heavy atom. The van der Waals surface area contributed by atoms with Crippen LogP contribution in [-0.2, 0) is 6.42 Å². The van der Waals surface area contributed by atoms with E-state index in [4.69, 9.17) is 28.3 Å². The summed E-state index contributed by atoms with van der Waals surface area (Å²) in [5, 5.41) is 7.89. The fraction of sp³-hybridized carbons (Fsp3) is 0.333. The van der Waals surface area contributed by atoms with Crippen LogP contribution in [0.3, 0.4) is 0 Å². The van der Waals surface area contributed by atoms with Gasteiger partial charge >= 0.3 is 0 Å². The Labute approximate surface area is 215 Å². The topological polar surface area (TPSA) is 50.2 Å². The first-order chi connectivity index (χ1) is 16.0. The first-order valence-corrected chi connectivity index (χ1v) is 13.5. The third-order valence-corrected chi connectivity index (χ3v) is 8.15. The number of hydrogen-bond donors (Lipinski definition) is 1. The summed E-state index contributed by atoms with van der Waals surface area (Å²) in [5.74, 6) is -0.155. The van der Waals surface area contributed by atoms with Crippen LogP contribution < -0.4 is 5.43 Å². The molecular formula is C24H23BrCl2N4OS. The molecule has 1 fully saturated rings. The van der Waals surface area contributed by atoms with Crippen molar-refractivity contribution in [3.8, 4) is 5.69 Å². The number of thiophene rings is 1. The summed E-state index contributed by atoms with van der Waals surface area (Å²) in [6.45, 7) is 1.74. The summed E-state index contributed by atoms with van der Waals surface area (Å²) in [5.41, 5.74) is 7.36. The number of nitrogens with one attached hydrogen (secondary N) is 1. The van der Waals surface area contributed by atoms with E-state index in [1.807, 2.05) is 21.8 Å². The summed E-state index contributed by atoms with van der Waals surface area (Å²) < 4.78 is 2.91. The minimum atomic E-state index is -0.155. The molecule has 1 aliphatic heterocycles. The number of carbonyl (C=O) groups excluding carboxylic acids is 1. The van der Waals surface area contributed by atoms with E-state index in [1.165, 1.54) is 6.42 Å². The molecule has 1 amide bonds. The number of carbonyl (C=O) groups is 1. The first-order valence-electron chi connectivity index (χ1n) is 11.1. The van der Waals surface area contributed by atoms with Crippen LogP contribution in [0.2, 0.25) is 10.0 Å². The van der Waals surface area contributed by atoms with Gasteiger partial charge in [0, 0.05) is 28.6 Å². The van der Waals surface area contributed by atoms with Crippen molar-refractivity contribution in [1.82, 2.24) is 20.2 Å². The summed E-state index contributed by atoms with van der Waals surface area (Å²) in [6.07, 6.45) is 8.27. The molecule has 1 aromatic carbocycles. The standard InChI is InChI=1S/C24H23BrCl2N4OS/c25-21-10-8-17(33-21)13-15-5-4-6-18-22(24(32)29-30-11-2-1-3-12-30)28-31(23(15)18)20-9-7-16(26)14-19(20)27/h7-10,13-14H,1-6,11-12H2,(H,29,32). The lowest BCUT2D eigenvalue weighted by Gasteiger charge is -2.26. The van der Waals surface area contributed by atoms with Crippen molar-refractivity contribution in [2.75, 3.05) is 13.1 Å². The maximum absolute atomic E-state index is 13.3. The molecule has 9 heteroatoms. The predicted molar refractivity (Wildman–Crippen MR) is 139 cm³/mol. The molecule has 0 saturated carbocycles. The number of nitrogens with zero attached hydrogens (tertiary/aromatic N) is 3. The highest BCUT2D eigenvalue weighted by molar-refractivity contribution is 9.11. The number of amides is 1. The van der Waals surface area contributed by atoms with Crippen LogP contribution in [-0.4, -0.2) is 33.8 Å². The number of allylic oxidation sites excluding steroid dienone is 1.